The SMILES string of the molecule is Cc1ccc(C(O)c2ccc3[nH]c(=O)[nH]c3c2)s1. The van der Waals surface area contributed by atoms with Crippen molar-refractivity contribution < 1.29 is 5.11 Å². The molecule has 0 amide bonds. The standard InChI is InChI=1S/C13H12N2O2S/c1-7-2-5-11(18-7)12(16)8-3-4-9-10(6-8)15-13(17)14-9/h2-6,12,16H,1H3,(H2,14,15,17). The first-order chi connectivity index (χ1) is 8.63. The van der Waals surface area contributed by atoms with E-state index in [-0.39, 0.29) is 5.69 Å². The van der Waals surface area contributed by atoms with Crippen LogP contribution in [0.2, 0.25) is 0 Å². The highest BCUT2D eigenvalue weighted by Gasteiger charge is 2.13. The fourth-order valence-corrected chi connectivity index (χ4v) is 2.88. The lowest BCUT2D eigenvalue weighted by Crippen LogP contribution is -1.99. The van der Waals surface area contributed by atoms with Gasteiger partial charge in [0.05, 0.1) is 11.0 Å². The van der Waals surface area contributed by atoms with Gasteiger partial charge in [-0.3, -0.25) is 0 Å². The van der Waals surface area contributed by atoms with E-state index in [1.54, 1.807) is 23.5 Å². The van der Waals surface area contributed by atoms with Gasteiger partial charge in [-0.1, -0.05) is 6.07 Å². The van der Waals surface area contributed by atoms with E-state index in [4.69, 9.17) is 0 Å². The molecule has 2 aromatic heterocycles. The minimum atomic E-state index is -0.647. The normalized spacial score (nSPS) is 13.0. The minimum absolute atomic E-state index is 0.233. The van der Waals surface area contributed by atoms with Gasteiger partial charge in [0.15, 0.2) is 0 Å². The number of hydrogen-bond acceptors (Lipinski definition) is 3. The molecule has 0 aliphatic carbocycles. The second-order valence-corrected chi connectivity index (χ2v) is 5.55. The highest BCUT2D eigenvalue weighted by molar-refractivity contribution is 7.12. The molecule has 4 nitrogen and oxygen atoms in total. The number of fused-ring (bicyclic) bond motifs is 1. The van der Waals surface area contributed by atoms with Crippen LogP contribution in [0.15, 0.2) is 35.1 Å². The quantitative estimate of drug-likeness (QED) is 0.661. The fraction of sp³-hybridized carbons (Fsp3) is 0.154. The number of nitrogens with one attached hydrogen (secondary N) is 2. The number of aliphatic hydroxyl groups excluding tert-OH is 1. The van der Waals surface area contributed by atoms with Crippen LogP contribution in [0.4, 0.5) is 0 Å². The smallest absolute Gasteiger partial charge is 0.323 e. The lowest BCUT2D eigenvalue weighted by molar-refractivity contribution is 0.224. The zero-order valence-corrected chi connectivity index (χ0v) is 10.5. The first-order valence-electron chi connectivity index (χ1n) is 5.60. The third-order valence-corrected chi connectivity index (χ3v) is 3.94. The van der Waals surface area contributed by atoms with Crippen molar-refractivity contribution in [2.75, 3.05) is 0 Å². The van der Waals surface area contributed by atoms with E-state index >= 15 is 0 Å². The Bertz CT molecular complexity index is 754. The molecule has 1 aromatic carbocycles. The van der Waals surface area contributed by atoms with Crippen molar-refractivity contribution in [2.45, 2.75) is 13.0 Å². The molecule has 2 heterocycles. The predicted molar refractivity (Wildman–Crippen MR) is 72.0 cm³/mol. The zero-order valence-electron chi connectivity index (χ0n) is 9.73. The Balaban J connectivity index is 2.05. The van der Waals surface area contributed by atoms with Crippen molar-refractivity contribution in [1.82, 2.24) is 9.97 Å². The molecule has 0 spiro atoms. The van der Waals surface area contributed by atoms with Gasteiger partial charge in [0.2, 0.25) is 0 Å². The van der Waals surface area contributed by atoms with Crippen LogP contribution in [0.3, 0.4) is 0 Å². The molecule has 3 N–H and O–H groups in total. The number of hydrogen-bond donors (Lipinski definition) is 3. The maximum absolute atomic E-state index is 11.2. The molecule has 0 saturated carbocycles. The third-order valence-electron chi connectivity index (χ3n) is 2.89. The van der Waals surface area contributed by atoms with Crippen LogP contribution < -0.4 is 5.69 Å². The second-order valence-electron chi connectivity index (χ2n) is 4.24. The molecule has 1 atom stereocenters. The molecule has 1 unspecified atom stereocenters. The van der Waals surface area contributed by atoms with E-state index in [9.17, 15) is 9.90 Å². The summed E-state index contributed by atoms with van der Waals surface area (Å²) in [5.74, 6) is 0. The Hall–Kier alpha value is -1.85. The van der Waals surface area contributed by atoms with Gasteiger partial charge in [0.25, 0.3) is 0 Å². The fourth-order valence-electron chi connectivity index (χ4n) is 1.98. The summed E-state index contributed by atoms with van der Waals surface area (Å²) >= 11 is 1.57. The molecule has 92 valence electrons. The molecule has 3 rings (SSSR count). The Morgan fingerprint density at radius 2 is 1.94 bits per heavy atom. The van der Waals surface area contributed by atoms with Crippen molar-refractivity contribution >= 4 is 22.4 Å². The highest BCUT2D eigenvalue weighted by Crippen LogP contribution is 2.29. The monoisotopic (exact) mass is 260 g/mol. The Morgan fingerprint density at radius 3 is 2.67 bits per heavy atom. The van der Waals surface area contributed by atoms with Gasteiger partial charge in [-0.05, 0) is 36.8 Å². The number of benzene rings is 1. The molecule has 0 aliphatic heterocycles. The van der Waals surface area contributed by atoms with E-state index in [1.165, 1.54) is 4.88 Å². The molecule has 0 bridgehead atoms. The van der Waals surface area contributed by atoms with Crippen molar-refractivity contribution in [2.24, 2.45) is 0 Å². The summed E-state index contributed by atoms with van der Waals surface area (Å²) in [6.07, 6.45) is -0.647. The zero-order chi connectivity index (χ0) is 12.7. The van der Waals surface area contributed by atoms with Gasteiger partial charge in [-0.25, -0.2) is 4.79 Å². The van der Waals surface area contributed by atoms with Gasteiger partial charge >= 0.3 is 5.69 Å². The number of thiophene rings is 1. The van der Waals surface area contributed by atoms with Crippen LogP contribution in [-0.2, 0) is 0 Å². The maximum atomic E-state index is 11.2. The summed E-state index contributed by atoms with van der Waals surface area (Å²) in [6, 6.07) is 9.33. The summed E-state index contributed by atoms with van der Waals surface area (Å²) in [5, 5.41) is 10.3. The topological polar surface area (TPSA) is 68.9 Å². The number of aryl methyl sites for hydroxylation is 1. The van der Waals surface area contributed by atoms with Gasteiger partial charge in [-0.15, -0.1) is 11.3 Å². The molecule has 0 saturated heterocycles. The van der Waals surface area contributed by atoms with Crippen LogP contribution in [0.1, 0.15) is 21.4 Å². The number of H-pyrrole nitrogens is 2. The van der Waals surface area contributed by atoms with Crippen LogP contribution >= 0.6 is 11.3 Å². The van der Waals surface area contributed by atoms with Gasteiger partial charge in [0.1, 0.15) is 6.10 Å². The molecule has 0 fully saturated rings. The largest absolute Gasteiger partial charge is 0.383 e. The Kier molecular flexibility index (Phi) is 2.57. The third kappa shape index (κ3) is 1.87. The summed E-state index contributed by atoms with van der Waals surface area (Å²) in [6.45, 7) is 2.01. The molecule has 3 aromatic rings. The van der Waals surface area contributed by atoms with Crippen LogP contribution in [0, 0.1) is 6.92 Å². The Labute approximate surface area is 107 Å². The average molecular weight is 260 g/mol. The average Bonchev–Trinajstić information content (AvgIpc) is 2.92. The lowest BCUT2D eigenvalue weighted by atomic mass is 10.1. The van der Waals surface area contributed by atoms with Crippen LogP contribution in [0.5, 0.6) is 0 Å². The van der Waals surface area contributed by atoms with Crippen molar-refractivity contribution in [3.8, 4) is 0 Å². The second kappa shape index (κ2) is 4.12. The molecular weight excluding hydrogens is 248 g/mol. The number of aromatic nitrogens is 2. The highest BCUT2D eigenvalue weighted by atomic mass is 32.1. The Morgan fingerprint density at radius 1 is 1.17 bits per heavy atom. The molecule has 18 heavy (non-hydrogen) atoms. The molecule has 0 radical (unpaired) electrons. The van der Waals surface area contributed by atoms with Crippen LogP contribution in [-0.4, -0.2) is 15.1 Å². The summed E-state index contributed by atoms with van der Waals surface area (Å²) in [5.41, 5.74) is 2.01. The first-order valence-corrected chi connectivity index (χ1v) is 6.41. The summed E-state index contributed by atoms with van der Waals surface area (Å²) in [7, 11) is 0. The van der Waals surface area contributed by atoms with Crippen molar-refractivity contribution in [1.29, 1.82) is 0 Å². The summed E-state index contributed by atoms with van der Waals surface area (Å²) in [4.78, 5) is 18.6. The van der Waals surface area contributed by atoms with E-state index in [0.717, 1.165) is 16.0 Å². The summed E-state index contributed by atoms with van der Waals surface area (Å²) < 4.78 is 0. The van der Waals surface area contributed by atoms with Crippen LogP contribution in [0.25, 0.3) is 11.0 Å². The van der Waals surface area contributed by atoms with E-state index in [1.807, 2.05) is 25.1 Å². The maximum Gasteiger partial charge on any atom is 0.323 e. The molecular formula is C13H12N2O2S. The molecule has 0 aliphatic rings. The van der Waals surface area contributed by atoms with E-state index < -0.39 is 6.10 Å². The number of rotatable bonds is 2. The number of imidazole rings is 1. The number of aromatic amines is 2. The predicted octanol–water partition coefficient (Wildman–Crippen LogP) is 2.31. The number of aliphatic hydroxyl groups is 1. The first kappa shape index (κ1) is 11.3. The van der Waals surface area contributed by atoms with Gasteiger partial charge < -0.3 is 15.1 Å². The van der Waals surface area contributed by atoms with Gasteiger partial charge in [-0.2, -0.15) is 0 Å². The van der Waals surface area contributed by atoms with Gasteiger partial charge in [0, 0.05) is 9.75 Å². The van der Waals surface area contributed by atoms with E-state index in [2.05, 4.69) is 9.97 Å². The van der Waals surface area contributed by atoms with Crippen molar-refractivity contribution in [3.05, 3.63) is 56.1 Å². The van der Waals surface area contributed by atoms with Crippen molar-refractivity contribution in [3.63, 3.8) is 0 Å². The lowest BCUT2D eigenvalue weighted by Gasteiger charge is -2.08. The van der Waals surface area contributed by atoms with E-state index in [0.29, 0.717) is 5.52 Å². The molecule has 5 heteroatoms. The minimum Gasteiger partial charge on any atom is -0.383 e.